The highest BCUT2D eigenvalue weighted by Crippen LogP contribution is 2.21. The van der Waals surface area contributed by atoms with Crippen molar-refractivity contribution in [1.29, 1.82) is 0 Å². The van der Waals surface area contributed by atoms with Gasteiger partial charge in [0.25, 0.3) is 0 Å². The first-order valence-electron chi connectivity index (χ1n) is 6.94. The maximum atomic E-state index is 10.4. The minimum atomic E-state index is 0.591. The minimum absolute atomic E-state index is 0.591. The maximum Gasteiger partial charge on any atom is 0.120 e. The van der Waals surface area contributed by atoms with E-state index in [1.807, 2.05) is 0 Å². The van der Waals surface area contributed by atoms with Gasteiger partial charge in [-0.25, -0.2) is 0 Å². The van der Waals surface area contributed by atoms with Crippen LogP contribution in [-0.4, -0.2) is 20.0 Å². The summed E-state index contributed by atoms with van der Waals surface area (Å²) in [5, 5.41) is 0. The molecule has 0 N–H and O–H groups in total. The number of ether oxygens (including phenoxy) is 1. The molecule has 2 aromatic carbocycles. The number of rotatable bonds is 7. The Balaban J connectivity index is 2.05. The zero-order valence-corrected chi connectivity index (χ0v) is 11.8. The summed E-state index contributed by atoms with van der Waals surface area (Å²) in [4.78, 5) is 10.4. The highest BCUT2D eigenvalue weighted by molar-refractivity contribution is 5.64. The van der Waals surface area contributed by atoms with Crippen molar-refractivity contribution in [2.75, 3.05) is 13.7 Å². The summed E-state index contributed by atoms with van der Waals surface area (Å²) in [6, 6.07) is 17.0. The van der Waals surface area contributed by atoms with Crippen LogP contribution in [0.1, 0.15) is 17.5 Å². The molecule has 0 bridgehead atoms. The molecule has 0 aliphatic rings. The lowest BCUT2D eigenvalue weighted by atomic mass is 10.0. The Morgan fingerprint density at radius 2 is 1.35 bits per heavy atom. The van der Waals surface area contributed by atoms with E-state index in [4.69, 9.17) is 4.74 Å². The zero-order chi connectivity index (χ0) is 14.2. The molecular weight excluding hydrogens is 248 g/mol. The second-order valence-corrected chi connectivity index (χ2v) is 4.84. The second-order valence-electron chi connectivity index (χ2n) is 4.84. The summed E-state index contributed by atoms with van der Waals surface area (Å²) in [5.74, 6) is 0. The Morgan fingerprint density at radius 1 is 0.850 bits per heavy atom. The van der Waals surface area contributed by atoms with Crippen LogP contribution in [0, 0.1) is 0 Å². The van der Waals surface area contributed by atoms with Crippen LogP contribution in [0.2, 0.25) is 0 Å². The van der Waals surface area contributed by atoms with Gasteiger partial charge in [0.05, 0.1) is 6.61 Å². The molecule has 0 atom stereocenters. The molecule has 0 aliphatic heterocycles. The van der Waals surface area contributed by atoms with Gasteiger partial charge < -0.3 is 9.53 Å². The average Bonchev–Trinajstić information content (AvgIpc) is 2.52. The van der Waals surface area contributed by atoms with E-state index in [0.29, 0.717) is 6.42 Å². The number of carbonyl (C=O) groups is 1. The molecule has 0 amide bonds. The van der Waals surface area contributed by atoms with Crippen molar-refractivity contribution in [3.63, 3.8) is 0 Å². The summed E-state index contributed by atoms with van der Waals surface area (Å²) in [7, 11) is 1.72. The van der Waals surface area contributed by atoms with Crippen LogP contribution in [0.5, 0.6) is 0 Å². The topological polar surface area (TPSA) is 26.3 Å². The van der Waals surface area contributed by atoms with E-state index in [1.165, 1.54) is 22.3 Å². The first-order valence-corrected chi connectivity index (χ1v) is 6.94. The van der Waals surface area contributed by atoms with E-state index in [2.05, 4.69) is 48.5 Å². The predicted molar refractivity (Wildman–Crippen MR) is 81.8 cm³/mol. The molecule has 0 saturated carbocycles. The number of hydrogen-bond acceptors (Lipinski definition) is 2. The Bertz CT molecular complexity index is 526. The summed E-state index contributed by atoms with van der Waals surface area (Å²) >= 11 is 0. The summed E-state index contributed by atoms with van der Waals surface area (Å²) in [5.41, 5.74) is 4.92. The van der Waals surface area contributed by atoms with Crippen LogP contribution in [0.3, 0.4) is 0 Å². The largest absolute Gasteiger partial charge is 0.384 e. The fraction of sp³-hybridized carbons (Fsp3) is 0.278. The van der Waals surface area contributed by atoms with Gasteiger partial charge in [-0.05, 0) is 35.1 Å². The third-order valence-corrected chi connectivity index (χ3v) is 3.39. The molecule has 0 spiro atoms. The summed E-state index contributed by atoms with van der Waals surface area (Å²) in [6.45, 7) is 0.755. The van der Waals surface area contributed by atoms with Crippen LogP contribution in [-0.2, 0) is 22.4 Å². The van der Waals surface area contributed by atoms with E-state index in [0.717, 1.165) is 25.7 Å². The number of aldehydes is 1. The quantitative estimate of drug-likeness (QED) is 0.716. The number of aryl methyl sites for hydroxylation is 1. The van der Waals surface area contributed by atoms with Gasteiger partial charge >= 0.3 is 0 Å². The minimum Gasteiger partial charge on any atom is -0.384 e. The van der Waals surface area contributed by atoms with Crippen molar-refractivity contribution >= 4 is 6.29 Å². The first kappa shape index (κ1) is 14.5. The smallest absolute Gasteiger partial charge is 0.120 e. The molecule has 0 aliphatic carbocycles. The van der Waals surface area contributed by atoms with Crippen molar-refractivity contribution < 1.29 is 9.53 Å². The Hall–Kier alpha value is -1.93. The maximum absolute atomic E-state index is 10.4. The van der Waals surface area contributed by atoms with Crippen molar-refractivity contribution in [2.45, 2.75) is 19.3 Å². The fourth-order valence-electron chi connectivity index (χ4n) is 2.17. The number of hydrogen-bond donors (Lipinski definition) is 0. The molecule has 2 heteroatoms. The third kappa shape index (κ3) is 4.04. The van der Waals surface area contributed by atoms with E-state index < -0.39 is 0 Å². The van der Waals surface area contributed by atoms with Crippen molar-refractivity contribution in [3.8, 4) is 11.1 Å². The summed E-state index contributed by atoms with van der Waals surface area (Å²) in [6.07, 6.45) is 3.32. The third-order valence-electron chi connectivity index (χ3n) is 3.39. The highest BCUT2D eigenvalue weighted by Gasteiger charge is 1.99. The second kappa shape index (κ2) is 7.61. The molecule has 2 rings (SSSR count). The molecule has 2 aromatic rings. The van der Waals surface area contributed by atoms with Gasteiger partial charge in [-0.1, -0.05) is 48.5 Å². The van der Waals surface area contributed by atoms with E-state index in [9.17, 15) is 4.79 Å². The number of benzene rings is 2. The SMILES string of the molecule is COCCc1ccc(-c2ccc(CCC=O)cc2)cc1. The zero-order valence-electron chi connectivity index (χ0n) is 11.8. The van der Waals surface area contributed by atoms with Crippen molar-refractivity contribution in [3.05, 3.63) is 59.7 Å². The Morgan fingerprint density at radius 3 is 1.80 bits per heavy atom. The van der Waals surface area contributed by atoms with Crippen molar-refractivity contribution in [2.24, 2.45) is 0 Å². The van der Waals surface area contributed by atoms with Gasteiger partial charge in [0, 0.05) is 13.5 Å². The molecular formula is C18H20O2. The molecule has 0 unspecified atom stereocenters. The molecule has 2 nitrogen and oxygen atoms in total. The van der Waals surface area contributed by atoms with Crippen LogP contribution in [0.4, 0.5) is 0 Å². The van der Waals surface area contributed by atoms with Crippen LogP contribution in [0.25, 0.3) is 11.1 Å². The lowest BCUT2D eigenvalue weighted by molar-refractivity contribution is -0.107. The molecule has 104 valence electrons. The highest BCUT2D eigenvalue weighted by atomic mass is 16.5. The van der Waals surface area contributed by atoms with E-state index in [-0.39, 0.29) is 0 Å². The summed E-state index contributed by atoms with van der Waals surface area (Å²) < 4.78 is 5.08. The predicted octanol–water partition coefficient (Wildman–Crippen LogP) is 3.67. The first-order chi connectivity index (χ1) is 9.83. The standard InChI is InChI=1S/C18H20O2/c1-20-14-12-16-6-10-18(11-7-16)17-8-4-15(5-9-17)3-2-13-19/h4-11,13H,2-3,12,14H2,1H3. The van der Waals surface area contributed by atoms with Gasteiger partial charge in [-0.2, -0.15) is 0 Å². The number of carbonyl (C=O) groups excluding carboxylic acids is 1. The fourth-order valence-corrected chi connectivity index (χ4v) is 2.17. The van der Waals surface area contributed by atoms with E-state index in [1.54, 1.807) is 7.11 Å². The van der Waals surface area contributed by atoms with Crippen molar-refractivity contribution in [1.82, 2.24) is 0 Å². The van der Waals surface area contributed by atoms with Gasteiger partial charge in [0.15, 0.2) is 0 Å². The molecule has 0 saturated heterocycles. The normalized spacial score (nSPS) is 10.4. The Kier molecular flexibility index (Phi) is 5.51. The van der Waals surface area contributed by atoms with Gasteiger partial charge in [0.2, 0.25) is 0 Å². The van der Waals surface area contributed by atoms with Crippen LogP contribution in [0.15, 0.2) is 48.5 Å². The molecule has 0 fully saturated rings. The van der Waals surface area contributed by atoms with Crippen LogP contribution < -0.4 is 0 Å². The number of methoxy groups -OCH3 is 1. The van der Waals surface area contributed by atoms with Crippen LogP contribution >= 0.6 is 0 Å². The lowest BCUT2D eigenvalue weighted by Gasteiger charge is -2.05. The molecule has 0 radical (unpaired) electrons. The monoisotopic (exact) mass is 268 g/mol. The van der Waals surface area contributed by atoms with Gasteiger partial charge in [-0.3, -0.25) is 0 Å². The van der Waals surface area contributed by atoms with Gasteiger partial charge in [0.1, 0.15) is 6.29 Å². The average molecular weight is 268 g/mol. The van der Waals surface area contributed by atoms with Gasteiger partial charge in [-0.15, -0.1) is 0 Å². The molecule has 0 aromatic heterocycles. The lowest BCUT2D eigenvalue weighted by Crippen LogP contribution is -1.93. The molecule has 20 heavy (non-hydrogen) atoms. The Labute approximate surface area is 120 Å². The van der Waals surface area contributed by atoms with E-state index >= 15 is 0 Å². The molecule has 0 heterocycles.